The summed E-state index contributed by atoms with van der Waals surface area (Å²) in [4.78, 5) is 12.8. The number of carbonyl (C=O) groups is 1. The first-order valence-corrected chi connectivity index (χ1v) is 6.83. The van der Waals surface area contributed by atoms with Gasteiger partial charge in [0.05, 0.1) is 19.3 Å². The molecule has 2 N–H and O–H groups in total. The highest BCUT2D eigenvalue weighted by Gasteiger charge is 2.38. The molecule has 0 spiro atoms. The van der Waals surface area contributed by atoms with Crippen molar-refractivity contribution < 1.29 is 27.8 Å². The van der Waals surface area contributed by atoms with Crippen LogP contribution in [0.4, 0.5) is 18.9 Å². The average molecular weight is 318 g/mol. The van der Waals surface area contributed by atoms with Crippen LogP contribution in [0.15, 0.2) is 24.3 Å². The molecule has 0 aliphatic carbocycles. The highest BCUT2D eigenvalue weighted by Crippen LogP contribution is 2.20. The number of halogens is 3. The third kappa shape index (κ3) is 4.35. The average Bonchev–Trinajstić information content (AvgIpc) is 2.52. The molecule has 1 atom stereocenters. The lowest BCUT2D eigenvalue weighted by molar-refractivity contribution is -0.174. The molecule has 0 radical (unpaired) electrons. The summed E-state index contributed by atoms with van der Waals surface area (Å²) in [6.45, 7) is 2.34. The number of anilines is 1. The van der Waals surface area contributed by atoms with Crippen molar-refractivity contribution in [1.82, 2.24) is 5.32 Å². The number of aliphatic hydroxyl groups excluding tert-OH is 1. The predicted octanol–water partition coefficient (Wildman–Crippen LogP) is 1.24. The molecule has 22 heavy (non-hydrogen) atoms. The second-order valence-corrected chi connectivity index (χ2v) is 4.91. The minimum Gasteiger partial charge on any atom is -0.387 e. The summed E-state index contributed by atoms with van der Waals surface area (Å²) in [6, 6.07) is 6.84. The number of hydrogen-bond acceptors (Lipinski definition) is 4. The quantitative estimate of drug-likeness (QED) is 0.877. The molecule has 0 saturated carbocycles. The molecule has 1 aromatic carbocycles. The van der Waals surface area contributed by atoms with Crippen LogP contribution in [-0.4, -0.2) is 50.0 Å². The molecule has 0 bridgehead atoms. The number of carbonyl (C=O) groups excluding carboxylic acids is 1. The summed E-state index contributed by atoms with van der Waals surface area (Å²) in [7, 11) is 0. The van der Waals surface area contributed by atoms with E-state index in [9.17, 15) is 23.1 Å². The van der Waals surface area contributed by atoms with E-state index in [0.29, 0.717) is 18.8 Å². The summed E-state index contributed by atoms with van der Waals surface area (Å²) < 4.78 is 41.4. The number of benzene rings is 1. The maximum Gasteiger partial charge on any atom is 0.471 e. The molecule has 0 aromatic heterocycles. The molecular weight excluding hydrogens is 301 g/mol. The van der Waals surface area contributed by atoms with Gasteiger partial charge in [-0.2, -0.15) is 13.2 Å². The molecule has 8 heteroatoms. The van der Waals surface area contributed by atoms with Crippen molar-refractivity contribution in [3.63, 3.8) is 0 Å². The van der Waals surface area contributed by atoms with Gasteiger partial charge in [0, 0.05) is 25.3 Å². The number of ether oxygens (including phenoxy) is 1. The predicted molar refractivity (Wildman–Crippen MR) is 73.5 cm³/mol. The van der Waals surface area contributed by atoms with Gasteiger partial charge in [-0.05, 0) is 17.7 Å². The smallest absolute Gasteiger partial charge is 0.387 e. The van der Waals surface area contributed by atoms with Crippen LogP contribution < -0.4 is 10.2 Å². The van der Waals surface area contributed by atoms with Crippen LogP contribution >= 0.6 is 0 Å². The van der Waals surface area contributed by atoms with Crippen molar-refractivity contribution in [2.24, 2.45) is 0 Å². The van der Waals surface area contributed by atoms with Gasteiger partial charge in [-0.15, -0.1) is 0 Å². The van der Waals surface area contributed by atoms with Crippen LogP contribution in [0.1, 0.15) is 11.7 Å². The molecule has 1 fully saturated rings. The minimum absolute atomic E-state index is 0.444. The molecule has 1 aliphatic heterocycles. The number of nitrogens with zero attached hydrogens (tertiary/aromatic N) is 1. The standard InChI is InChI=1S/C14H17F3N2O3/c15-14(16,17)13(21)18-9-12(20)10-1-3-11(4-2-10)19-5-7-22-8-6-19/h1-4,12,20H,5-9H2,(H,18,21). The van der Waals surface area contributed by atoms with Crippen molar-refractivity contribution in [2.45, 2.75) is 12.3 Å². The van der Waals surface area contributed by atoms with Crippen LogP contribution in [0.2, 0.25) is 0 Å². The molecule has 1 unspecified atom stereocenters. The maximum atomic E-state index is 12.1. The van der Waals surface area contributed by atoms with Crippen molar-refractivity contribution in [3.05, 3.63) is 29.8 Å². The van der Waals surface area contributed by atoms with Crippen molar-refractivity contribution in [3.8, 4) is 0 Å². The zero-order valence-corrected chi connectivity index (χ0v) is 11.8. The Labute approximate surface area is 125 Å². The molecule has 2 rings (SSSR count). The van der Waals surface area contributed by atoms with E-state index in [-0.39, 0.29) is 0 Å². The van der Waals surface area contributed by atoms with Crippen LogP contribution in [0.25, 0.3) is 0 Å². The summed E-state index contributed by atoms with van der Waals surface area (Å²) in [5.41, 5.74) is 1.40. The van der Waals surface area contributed by atoms with Crippen LogP contribution in [-0.2, 0) is 9.53 Å². The van der Waals surface area contributed by atoms with Crippen LogP contribution in [0.5, 0.6) is 0 Å². The third-order valence-electron chi connectivity index (χ3n) is 3.37. The van der Waals surface area contributed by atoms with Crippen molar-refractivity contribution in [1.29, 1.82) is 0 Å². The number of nitrogens with one attached hydrogen (secondary N) is 1. The van der Waals surface area contributed by atoms with Gasteiger partial charge in [0.2, 0.25) is 0 Å². The Morgan fingerprint density at radius 2 is 1.86 bits per heavy atom. The van der Waals surface area contributed by atoms with Gasteiger partial charge < -0.3 is 20.1 Å². The van der Waals surface area contributed by atoms with Crippen molar-refractivity contribution >= 4 is 11.6 Å². The number of aliphatic hydroxyl groups is 1. The van der Waals surface area contributed by atoms with Gasteiger partial charge in [0.25, 0.3) is 0 Å². The lowest BCUT2D eigenvalue weighted by Gasteiger charge is -2.29. The van der Waals surface area contributed by atoms with Crippen LogP contribution in [0.3, 0.4) is 0 Å². The van der Waals surface area contributed by atoms with Crippen LogP contribution in [0, 0.1) is 0 Å². The summed E-state index contributed by atoms with van der Waals surface area (Å²) in [6.07, 6.45) is -6.13. The topological polar surface area (TPSA) is 61.8 Å². The number of rotatable bonds is 4. The Bertz CT molecular complexity index is 499. The molecule has 1 aliphatic rings. The zero-order valence-electron chi connectivity index (χ0n) is 11.8. The Balaban J connectivity index is 1.90. The molecular formula is C14H17F3N2O3. The number of hydrogen-bond donors (Lipinski definition) is 2. The summed E-state index contributed by atoms with van der Waals surface area (Å²) in [5, 5.41) is 11.5. The number of alkyl halides is 3. The molecule has 1 saturated heterocycles. The van der Waals surface area contributed by atoms with E-state index in [2.05, 4.69) is 4.90 Å². The zero-order chi connectivity index (χ0) is 16.2. The van der Waals surface area contributed by atoms with Gasteiger partial charge in [0.1, 0.15) is 0 Å². The van der Waals surface area contributed by atoms with Gasteiger partial charge in [-0.1, -0.05) is 12.1 Å². The van der Waals surface area contributed by atoms with Gasteiger partial charge in [0.15, 0.2) is 0 Å². The van der Waals surface area contributed by atoms with E-state index < -0.39 is 24.7 Å². The second kappa shape index (κ2) is 6.97. The normalized spacial score (nSPS) is 17.2. The van der Waals surface area contributed by atoms with E-state index in [1.807, 2.05) is 0 Å². The van der Waals surface area contributed by atoms with E-state index in [0.717, 1.165) is 18.8 Å². The molecule has 5 nitrogen and oxygen atoms in total. The fourth-order valence-electron chi connectivity index (χ4n) is 2.14. The third-order valence-corrected chi connectivity index (χ3v) is 3.37. The molecule has 1 amide bonds. The van der Waals surface area contributed by atoms with Gasteiger partial charge in [-0.3, -0.25) is 4.79 Å². The first-order chi connectivity index (χ1) is 10.4. The number of morpholine rings is 1. The van der Waals surface area contributed by atoms with Crippen molar-refractivity contribution in [2.75, 3.05) is 37.7 Å². The first-order valence-electron chi connectivity index (χ1n) is 6.83. The highest BCUT2D eigenvalue weighted by atomic mass is 19.4. The number of amides is 1. The SMILES string of the molecule is O=C(NCC(O)c1ccc(N2CCOCC2)cc1)C(F)(F)F. The summed E-state index contributed by atoms with van der Waals surface area (Å²) >= 11 is 0. The lowest BCUT2D eigenvalue weighted by atomic mass is 10.1. The highest BCUT2D eigenvalue weighted by molar-refractivity contribution is 5.81. The van der Waals surface area contributed by atoms with Gasteiger partial charge >= 0.3 is 12.1 Å². The Morgan fingerprint density at radius 1 is 1.27 bits per heavy atom. The lowest BCUT2D eigenvalue weighted by Crippen LogP contribution is -2.39. The van der Waals surface area contributed by atoms with Gasteiger partial charge in [-0.25, -0.2) is 0 Å². The Hall–Kier alpha value is -1.80. The van der Waals surface area contributed by atoms with E-state index in [4.69, 9.17) is 4.74 Å². The molecule has 122 valence electrons. The Morgan fingerprint density at radius 3 is 2.41 bits per heavy atom. The summed E-state index contributed by atoms with van der Waals surface area (Å²) in [5.74, 6) is -2.06. The minimum atomic E-state index is -4.94. The maximum absolute atomic E-state index is 12.1. The fourth-order valence-corrected chi connectivity index (χ4v) is 2.14. The van der Waals surface area contributed by atoms with E-state index >= 15 is 0 Å². The molecule has 1 aromatic rings. The van der Waals surface area contributed by atoms with E-state index in [1.165, 1.54) is 0 Å². The largest absolute Gasteiger partial charge is 0.471 e. The molecule has 1 heterocycles. The Kier molecular flexibility index (Phi) is 5.25. The second-order valence-electron chi connectivity index (χ2n) is 4.91. The van der Waals surface area contributed by atoms with E-state index in [1.54, 1.807) is 29.6 Å². The first kappa shape index (κ1) is 16.6. The fraction of sp³-hybridized carbons (Fsp3) is 0.500. The monoisotopic (exact) mass is 318 g/mol.